The molecule has 166 valence electrons. The molecule has 1 fully saturated rings. The van der Waals surface area contributed by atoms with Gasteiger partial charge in [-0.2, -0.15) is 5.26 Å². The Morgan fingerprint density at radius 1 is 1.44 bits per heavy atom. The van der Waals surface area contributed by atoms with Crippen LogP contribution in [-0.2, 0) is 11.2 Å². The van der Waals surface area contributed by atoms with Crippen LogP contribution in [0, 0.1) is 11.3 Å². The fourth-order valence-corrected chi connectivity index (χ4v) is 3.64. The Bertz CT molecular complexity index is 1080. The minimum absolute atomic E-state index is 0.148. The smallest absolute Gasteiger partial charge is 0.328 e. The summed E-state index contributed by atoms with van der Waals surface area (Å²) in [7, 11) is 0. The predicted octanol–water partition coefficient (Wildman–Crippen LogP) is 3.25. The van der Waals surface area contributed by atoms with Gasteiger partial charge in [-0.05, 0) is 24.5 Å². The quantitative estimate of drug-likeness (QED) is 0.705. The Hall–Kier alpha value is -3.65. The summed E-state index contributed by atoms with van der Waals surface area (Å²) in [6.07, 6.45) is 0.197. The highest BCUT2D eigenvalue weighted by Crippen LogP contribution is 2.32. The number of urea groups is 1. The first-order valence-corrected chi connectivity index (χ1v) is 10.0. The molecule has 2 aromatic rings. The Kier molecular flexibility index (Phi) is 6.23. The van der Waals surface area contributed by atoms with Crippen LogP contribution in [0.4, 0.5) is 25.2 Å². The van der Waals surface area contributed by atoms with Gasteiger partial charge in [0.1, 0.15) is 40.8 Å². The average Bonchev–Trinajstić information content (AvgIpc) is 3.31. The van der Waals surface area contributed by atoms with Gasteiger partial charge in [0.05, 0.1) is 19.4 Å². The van der Waals surface area contributed by atoms with Crippen LogP contribution in [0.3, 0.4) is 0 Å². The molecule has 1 atom stereocenters. The number of pyridine rings is 2. The zero-order chi connectivity index (χ0) is 22.7. The van der Waals surface area contributed by atoms with E-state index < -0.39 is 23.7 Å². The molecule has 0 aromatic carbocycles. The number of rotatable bonds is 5. The van der Waals surface area contributed by atoms with Crippen molar-refractivity contribution in [2.24, 2.45) is 0 Å². The van der Waals surface area contributed by atoms with Crippen LogP contribution in [0.25, 0.3) is 0 Å². The van der Waals surface area contributed by atoms with Crippen molar-refractivity contribution < 1.29 is 27.8 Å². The zero-order valence-electron chi connectivity index (χ0n) is 16.9. The number of nitrogens with zero attached hydrogens (tertiary/aromatic N) is 4. The van der Waals surface area contributed by atoms with Crippen molar-refractivity contribution in [1.29, 1.82) is 5.26 Å². The number of anilines is 2. The highest BCUT2D eigenvalue weighted by Gasteiger charge is 2.28. The van der Waals surface area contributed by atoms with E-state index >= 15 is 0 Å². The van der Waals surface area contributed by atoms with Gasteiger partial charge in [-0.25, -0.2) is 23.5 Å². The highest BCUT2D eigenvalue weighted by molar-refractivity contribution is 6.01. The molecule has 1 saturated heterocycles. The van der Waals surface area contributed by atoms with Crippen LogP contribution in [0.1, 0.15) is 46.4 Å². The van der Waals surface area contributed by atoms with Gasteiger partial charge in [-0.1, -0.05) is 0 Å². The van der Waals surface area contributed by atoms with Crippen molar-refractivity contribution in [2.45, 2.75) is 31.8 Å². The maximum Gasteiger partial charge on any atom is 0.328 e. The van der Waals surface area contributed by atoms with Gasteiger partial charge in [0, 0.05) is 24.6 Å². The maximum atomic E-state index is 13.2. The van der Waals surface area contributed by atoms with Gasteiger partial charge in [0.15, 0.2) is 6.29 Å². The predicted molar refractivity (Wildman–Crippen MR) is 108 cm³/mol. The number of fused-ring (bicyclic) bond motifs is 1. The molecule has 4 heterocycles. The van der Waals surface area contributed by atoms with Crippen LogP contribution >= 0.6 is 0 Å². The normalized spacial score (nSPS) is 17.6. The number of hydrogen-bond donors (Lipinski definition) is 1. The van der Waals surface area contributed by atoms with E-state index in [1.54, 1.807) is 0 Å². The molecule has 0 radical (unpaired) electrons. The van der Waals surface area contributed by atoms with Gasteiger partial charge in [0.25, 0.3) is 6.43 Å². The standard InChI is InChI=1S/C21H19F2N5O4/c22-19(23)15-6-12-2-1-4-28(20(12)26-16(15)10-29)21(30)27-18-7-17(13(8-24)9-25-18)32-14-3-5-31-11-14/h6-7,9-10,14,19H,1-5,11H2,(H,25,27,30)/t14-/m0/s1. The molecule has 2 aliphatic rings. The molecule has 1 N–H and O–H groups in total. The van der Waals surface area contributed by atoms with Gasteiger partial charge < -0.3 is 9.47 Å². The Balaban J connectivity index is 1.57. The molecule has 9 nitrogen and oxygen atoms in total. The van der Waals surface area contributed by atoms with Gasteiger partial charge in [0.2, 0.25) is 0 Å². The molecule has 32 heavy (non-hydrogen) atoms. The number of carbonyl (C=O) groups is 2. The minimum Gasteiger partial charge on any atom is -0.486 e. The van der Waals surface area contributed by atoms with E-state index in [-0.39, 0.29) is 41.9 Å². The second-order valence-corrected chi connectivity index (χ2v) is 7.33. The number of ether oxygens (including phenoxy) is 2. The van der Waals surface area contributed by atoms with E-state index in [1.807, 2.05) is 6.07 Å². The summed E-state index contributed by atoms with van der Waals surface area (Å²) in [5, 5.41) is 11.9. The molecule has 2 aliphatic heterocycles. The summed E-state index contributed by atoms with van der Waals surface area (Å²) >= 11 is 0. The SMILES string of the molecule is N#Cc1cnc(NC(=O)N2CCCc3cc(C(F)F)c(C=O)nc32)cc1O[C@H]1CCOC1. The summed E-state index contributed by atoms with van der Waals surface area (Å²) in [5.41, 5.74) is -0.169. The molecule has 2 aromatic heterocycles. The Labute approximate surface area is 182 Å². The molecule has 2 amide bonds. The van der Waals surface area contributed by atoms with Crippen LogP contribution in [0.15, 0.2) is 18.3 Å². The fraction of sp³-hybridized carbons (Fsp3) is 0.381. The third-order valence-electron chi connectivity index (χ3n) is 5.22. The lowest BCUT2D eigenvalue weighted by Crippen LogP contribution is -2.40. The van der Waals surface area contributed by atoms with Crippen molar-refractivity contribution in [3.63, 3.8) is 0 Å². The van der Waals surface area contributed by atoms with Crippen LogP contribution < -0.4 is 15.0 Å². The summed E-state index contributed by atoms with van der Waals surface area (Å²) in [5.74, 6) is 0.582. The Morgan fingerprint density at radius 3 is 2.97 bits per heavy atom. The van der Waals surface area contributed by atoms with E-state index in [0.717, 1.165) is 0 Å². The number of aromatic nitrogens is 2. The Morgan fingerprint density at radius 2 is 2.28 bits per heavy atom. The molecular formula is C21H19F2N5O4. The first kappa shape index (κ1) is 21.6. The molecular weight excluding hydrogens is 424 g/mol. The summed E-state index contributed by atoms with van der Waals surface area (Å²) in [6, 6.07) is 4.08. The van der Waals surface area contributed by atoms with E-state index in [4.69, 9.17) is 9.47 Å². The van der Waals surface area contributed by atoms with E-state index in [9.17, 15) is 23.6 Å². The van der Waals surface area contributed by atoms with E-state index in [0.29, 0.717) is 38.0 Å². The lowest BCUT2D eigenvalue weighted by molar-refractivity contribution is 0.110. The number of carbonyl (C=O) groups excluding carboxylic acids is 2. The molecule has 0 saturated carbocycles. The average molecular weight is 443 g/mol. The number of amides is 2. The van der Waals surface area contributed by atoms with Gasteiger partial charge >= 0.3 is 6.03 Å². The van der Waals surface area contributed by atoms with Crippen LogP contribution in [0.2, 0.25) is 0 Å². The number of nitrogens with one attached hydrogen (secondary N) is 1. The number of nitriles is 1. The molecule has 0 spiro atoms. The van der Waals surface area contributed by atoms with Gasteiger partial charge in [-0.15, -0.1) is 0 Å². The molecule has 0 unspecified atom stereocenters. The lowest BCUT2D eigenvalue weighted by Gasteiger charge is -2.29. The summed E-state index contributed by atoms with van der Waals surface area (Å²) in [4.78, 5) is 33.6. The number of aldehydes is 1. The second kappa shape index (κ2) is 9.23. The molecule has 4 rings (SSSR count). The molecule has 0 aliphatic carbocycles. The topological polar surface area (TPSA) is 117 Å². The van der Waals surface area contributed by atoms with Crippen molar-refractivity contribution in [3.05, 3.63) is 40.7 Å². The van der Waals surface area contributed by atoms with Crippen molar-refractivity contribution in [1.82, 2.24) is 9.97 Å². The summed E-state index contributed by atoms with van der Waals surface area (Å²) in [6.45, 7) is 1.26. The number of halogens is 2. The monoisotopic (exact) mass is 443 g/mol. The number of alkyl halides is 2. The van der Waals surface area contributed by atoms with Crippen molar-refractivity contribution in [2.75, 3.05) is 30.0 Å². The van der Waals surface area contributed by atoms with Crippen molar-refractivity contribution in [3.8, 4) is 11.8 Å². The number of aryl methyl sites for hydroxylation is 1. The minimum atomic E-state index is -2.84. The third-order valence-corrected chi connectivity index (χ3v) is 5.22. The summed E-state index contributed by atoms with van der Waals surface area (Å²) < 4.78 is 37.5. The van der Waals surface area contributed by atoms with Crippen molar-refractivity contribution >= 4 is 24.0 Å². The zero-order valence-corrected chi connectivity index (χ0v) is 16.9. The second-order valence-electron chi connectivity index (χ2n) is 7.33. The highest BCUT2D eigenvalue weighted by atomic mass is 19.3. The van der Waals surface area contributed by atoms with E-state index in [2.05, 4.69) is 15.3 Å². The molecule has 11 heteroatoms. The van der Waals surface area contributed by atoms with Crippen LogP contribution in [-0.4, -0.2) is 48.1 Å². The first-order valence-electron chi connectivity index (χ1n) is 10.0. The lowest BCUT2D eigenvalue weighted by atomic mass is 10.0. The maximum absolute atomic E-state index is 13.2. The first-order chi connectivity index (χ1) is 15.5. The van der Waals surface area contributed by atoms with E-state index in [1.165, 1.54) is 23.2 Å². The third kappa shape index (κ3) is 4.36. The fourth-order valence-electron chi connectivity index (χ4n) is 3.64. The van der Waals surface area contributed by atoms with Gasteiger partial charge in [-0.3, -0.25) is 15.0 Å². The molecule has 0 bridgehead atoms. The number of hydrogen-bond acceptors (Lipinski definition) is 7. The largest absolute Gasteiger partial charge is 0.486 e. The van der Waals surface area contributed by atoms with Crippen LogP contribution in [0.5, 0.6) is 5.75 Å².